The van der Waals surface area contributed by atoms with E-state index in [0.717, 1.165) is 31.9 Å². The molecule has 2 rings (SSSR count). The summed E-state index contributed by atoms with van der Waals surface area (Å²) in [6, 6.07) is 18.9. The van der Waals surface area contributed by atoms with Gasteiger partial charge in [0.05, 0.1) is 6.54 Å². The van der Waals surface area contributed by atoms with Crippen LogP contribution >= 0.6 is 0 Å². The minimum Gasteiger partial charge on any atom is -0.488 e. The Morgan fingerprint density at radius 2 is 1.65 bits per heavy atom. The monoisotopic (exact) mass is 268 g/mol. The molecular weight excluding hydrogens is 246 g/mol. The number of hydrogen-bond acceptors (Lipinski definition) is 1. The lowest BCUT2D eigenvalue weighted by Gasteiger charge is -2.06. The predicted molar refractivity (Wildman–Crippen MR) is 83.0 cm³/mol. The number of rotatable bonds is 8. The Hall–Kier alpha value is -2.06. The zero-order chi connectivity index (χ0) is 14.0. The molecule has 0 aliphatic carbocycles. The Bertz CT molecular complexity index is 505. The molecule has 0 unspecified atom stereocenters. The van der Waals surface area contributed by atoms with Gasteiger partial charge in [-0.15, -0.1) is 0 Å². The summed E-state index contributed by atoms with van der Waals surface area (Å²) in [7, 11) is 0. The van der Waals surface area contributed by atoms with Gasteiger partial charge >= 0.3 is 0 Å². The summed E-state index contributed by atoms with van der Waals surface area (Å²) in [4.78, 5) is 0. The van der Waals surface area contributed by atoms with Crippen molar-refractivity contribution in [1.29, 1.82) is 0 Å². The Morgan fingerprint density at radius 1 is 0.950 bits per heavy atom. The van der Waals surface area contributed by atoms with E-state index >= 15 is 0 Å². The van der Waals surface area contributed by atoms with Gasteiger partial charge in [0.2, 0.25) is 0 Å². The standard InChI is InChI=1S/C18H21NO/c1-2-12-19-13-14-20-18-10-8-17(9-11-18)15-16-6-4-3-5-7-16/h2-11,19H,1,12-15H2/p+1. The fourth-order valence-corrected chi connectivity index (χ4v) is 2.03. The fourth-order valence-electron chi connectivity index (χ4n) is 2.03. The molecule has 0 amide bonds. The van der Waals surface area contributed by atoms with Gasteiger partial charge in [0.25, 0.3) is 0 Å². The molecular formula is C18H22NO+. The molecule has 0 radical (unpaired) electrons. The number of hydrogen-bond donors (Lipinski definition) is 1. The van der Waals surface area contributed by atoms with E-state index in [1.165, 1.54) is 11.1 Å². The highest BCUT2D eigenvalue weighted by Gasteiger charge is 1.98. The molecule has 0 aliphatic heterocycles. The lowest BCUT2D eigenvalue weighted by atomic mass is 10.1. The molecule has 0 atom stereocenters. The average molecular weight is 268 g/mol. The first-order valence-electron chi connectivity index (χ1n) is 7.06. The van der Waals surface area contributed by atoms with Crippen LogP contribution in [0.5, 0.6) is 5.75 Å². The second-order valence-corrected chi connectivity index (χ2v) is 4.76. The van der Waals surface area contributed by atoms with Crippen LogP contribution in [0.4, 0.5) is 0 Å². The van der Waals surface area contributed by atoms with Crippen LogP contribution in [-0.4, -0.2) is 19.7 Å². The van der Waals surface area contributed by atoms with E-state index in [1.54, 1.807) is 0 Å². The molecule has 0 saturated carbocycles. The Morgan fingerprint density at radius 3 is 2.35 bits per heavy atom. The van der Waals surface area contributed by atoms with Crippen LogP contribution in [0.15, 0.2) is 67.3 Å². The molecule has 0 spiro atoms. The van der Waals surface area contributed by atoms with E-state index in [4.69, 9.17) is 4.74 Å². The van der Waals surface area contributed by atoms with Crippen molar-refractivity contribution in [3.63, 3.8) is 0 Å². The third-order valence-corrected chi connectivity index (χ3v) is 3.10. The van der Waals surface area contributed by atoms with Gasteiger partial charge in [-0.05, 0) is 35.8 Å². The summed E-state index contributed by atoms with van der Waals surface area (Å²) in [6.45, 7) is 6.32. The first-order chi connectivity index (χ1) is 9.88. The van der Waals surface area contributed by atoms with E-state index in [1.807, 2.05) is 24.3 Å². The van der Waals surface area contributed by atoms with Crippen LogP contribution in [0, 0.1) is 0 Å². The van der Waals surface area contributed by atoms with Gasteiger partial charge in [0.15, 0.2) is 0 Å². The molecule has 0 heterocycles. The molecule has 2 aromatic carbocycles. The Labute approximate surface area is 121 Å². The molecule has 2 aromatic rings. The zero-order valence-corrected chi connectivity index (χ0v) is 11.8. The molecule has 2 heteroatoms. The van der Waals surface area contributed by atoms with Gasteiger partial charge in [-0.1, -0.05) is 49.0 Å². The fraction of sp³-hybridized carbons (Fsp3) is 0.222. The lowest BCUT2D eigenvalue weighted by Crippen LogP contribution is -2.85. The maximum absolute atomic E-state index is 5.69. The van der Waals surface area contributed by atoms with Crippen molar-refractivity contribution in [2.45, 2.75) is 6.42 Å². The smallest absolute Gasteiger partial charge is 0.137 e. The molecule has 0 saturated heterocycles. The first-order valence-corrected chi connectivity index (χ1v) is 7.06. The van der Waals surface area contributed by atoms with Crippen molar-refractivity contribution < 1.29 is 10.1 Å². The molecule has 2 nitrogen and oxygen atoms in total. The van der Waals surface area contributed by atoms with Gasteiger partial charge < -0.3 is 10.1 Å². The van der Waals surface area contributed by atoms with Crippen molar-refractivity contribution in [3.8, 4) is 5.75 Å². The summed E-state index contributed by atoms with van der Waals surface area (Å²) in [5.41, 5.74) is 2.64. The molecule has 0 aromatic heterocycles. The average Bonchev–Trinajstić information content (AvgIpc) is 2.50. The predicted octanol–water partition coefficient (Wildman–Crippen LogP) is 2.41. The molecule has 20 heavy (non-hydrogen) atoms. The first kappa shape index (κ1) is 14.4. The molecule has 2 N–H and O–H groups in total. The number of nitrogens with two attached hydrogens (primary N) is 1. The van der Waals surface area contributed by atoms with E-state index in [0.29, 0.717) is 0 Å². The highest BCUT2D eigenvalue weighted by molar-refractivity contribution is 5.31. The van der Waals surface area contributed by atoms with Crippen LogP contribution in [-0.2, 0) is 6.42 Å². The minimum atomic E-state index is 0.728. The number of quaternary nitrogens is 1. The van der Waals surface area contributed by atoms with Crippen molar-refractivity contribution in [2.24, 2.45) is 0 Å². The molecule has 0 fully saturated rings. The molecule has 104 valence electrons. The summed E-state index contributed by atoms with van der Waals surface area (Å²) in [5, 5.41) is 2.18. The Balaban J connectivity index is 1.79. The summed E-state index contributed by atoms with van der Waals surface area (Å²) < 4.78 is 5.69. The largest absolute Gasteiger partial charge is 0.488 e. The van der Waals surface area contributed by atoms with Gasteiger partial charge in [-0.3, -0.25) is 0 Å². The van der Waals surface area contributed by atoms with Crippen molar-refractivity contribution in [2.75, 3.05) is 19.7 Å². The van der Waals surface area contributed by atoms with Crippen LogP contribution in [0.1, 0.15) is 11.1 Å². The van der Waals surface area contributed by atoms with Crippen LogP contribution < -0.4 is 10.1 Å². The SMILES string of the molecule is C=CC[NH2+]CCOc1ccc(Cc2ccccc2)cc1. The van der Waals surface area contributed by atoms with E-state index < -0.39 is 0 Å². The van der Waals surface area contributed by atoms with Gasteiger partial charge in [0.1, 0.15) is 18.9 Å². The molecule has 0 aliphatic rings. The second kappa shape index (κ2) is 8.18. The third-order valence-electron chi connectivity index (χ3n) is 3.10. The highest BCUT2D eigenvalue weighted by atomic mass is 16.5. The third kappa shape index (κ3) is 4.90. The quantitative estimate of drug-likeness (QED) is 0.577. The maximum Gasteiger partial charge on any atom is 0.137 e. The normalized spacial score (nSPS) is 10.2. The topological polar surface area (TPSA) is 25.8 Å². The van der Waals surface area contributed by atoms with Gasteiger partial charge in [-0.2, -0.15) is 0 Å². The van der Waals surface area contributed by atoms with E-state index in [9.17, 15) is 0 Å². The Kier molecular flexibility index (Phi) is 5.87. The van der Waals surface area contributed by atoms with Crippen molar-refractivity contribution in [1.82, 2.24) is 0 Å². The number of benzene rings is 2. The second-order valence-electron chi connectivity index (χ2n) is 4.76. The van der Waals surface area contributed by atoms with E-state index in [2.05, 4.69) is 48.3 Å². The summed E-state index contributed by atoms with van der Waals surface area (Å²) >= 11 is 0. The summed E-state index contributed by atoms with van der Waals surface area (Å²) in [6.07, 6.45) is 2.87. The van der Waals surface area contributed by atoms with Crippen LogP contribution in [0.25, 0.3) is 0 Å². The van der Waals surface area contributed by atoms with Crippen molar-refractivity contribution >= 4 is 0 Å². The van der Waals surface area contributed by atoms with Gasteiger partial charge in [-0.25, -0.2) is 0 Å². The van der Waals surface area contributed by atoms with E-state index in [-0.39, 0.29) is 0 Å². The number of ether oxygens (including phenoxy) is 1. The maximum atomic E-state index is 5.69. The zero-order valence-electron chi connectivity index (χ0n) is 11.8. The minimum absolute atomic E-state index is 0.728. The summed E-state index contributed by atoms with van der Waals surface area (Å²) in [5.74, 6) is 0.939. The lowest BCUT2D eigenvalue weighted by molar-refractivity contribution is -0.646. The van der Waals surface area contributed by atoms with Crippen LogP contribution in [0.3, 0.4) is 0 Å². The van der Waals surface area contributed by atoms with Crippen LogP contribution in [0.2, 0.25) is 0 Å². The van der Waals surface area contributed by atoms with Gasteiger partial charge in [0, 0.05) is 0 Å². The highest BCUT2D eigenvalue weighted by Crippen LogP contribution is 2.15. The van der Waals surface area contributed by atoms with Crippen molar-refractivity contribution in [3.05, 3.63) is 78.4 Å². The molecule has 0 bridgehead atoms.